The number of aliphatic carboxylic acids is 1. The van der Waals surface area contributed by atoms with Crippen molar-refractivity contribution >= 4 is 27.8 Å². The maximum Gasteiger partial charge on any atom is 0.306 e. The Hall–Kier alpha value is -1.43. The number of carbonyl (C=O) groups is 2. The number of amides is 1. The Labute approximate surface area is 130 Å². The van der Waals surface area contributed by atoms with E-state index in [1.54, 1.807) is 19.1 Å². The van der Waals surface area contributed by atoms with E-state index in [1.807, 2.05) is 0 Å². The Morgan fingerprint density at radius 1 is 1.48 bits per heavy atom. The molecule has 2 N–H and O–H groups in total. The van der Waals surface area contributed by atoms with Crippen molar-refractivity contribution in [2.75, 3.05) is 0 Å². The molecule has 4 nitrogen and oxygen atoms in total. The Morgan fingerprint density at radius 3 is 2.71 bits per heavy atom. The minimum Gasteiger partial charge on any atom is -0.481 e. The first-order chi connectivity index (χ1) is 9.86. The number of carboxylic acid groups (broad SMARTS) is 1. The van der Waals surface area contributed by atoms with E-state index >= 15 is 0 Å². The van der Waals surface area contributed by atoms with E-state index in [2.05, 4.69) is 21.2 Å². The van der Waals surface area contributed by atoms with Gasteiger partial charge in [0, 0.05) is 12.0 Å². The highest BCUT2D eigenvalue weighted by atomic mass is 79.9. The molecular weight excluding hydrogens is 341 g/mol. The van der Waals surface area contributed by atoms with Crippen molar-refractivity contribution < 1.29 is 19.1 Å². The van der Waals surface area contributed by atoms with Gasteiger partial charge in [-0.05, 0) is 52.9 Å². The molecule has 1 aliphatic carbocycles. The molecule has 0 spiro atoms. The molecule has 2 rings (SSSR count). The number of halogens is 2. The van der Waals surface area contributed by atoms with Gasteiger partial charge in [0.1, 0.15) is 5.82 Å². The third-order valence-corrected chi connectivity index (χ3v) is 4.41. The fourth-order valence-electron chi connectivity index (χ4n) is 2.39. The summed E-state index contributed by atoms with van der Waals surface area (Å²) in [6, 6.07) is 4.66. The number of hydrogen-bond acceptors (Lipinski definition) is 2. The third-order valence-electron chi connectivity index (χ3n) is 3.81. The Morgan fingerprint density at radius 2 is 2.14 bits per heavy atom. The highest BCUT2D eigenvalue weighted by Gasteiger charge is 2.35. The summed E-state index contributed by atoms with van der Waals surface area (Å²) in [5.41, 5.74) is 0.878. The normalized spacial score (nSPS) is 22.2. The SMILES string of the molecule is CC(Cc1ccc(F)c(Br)c1)C(=O)NC1CC(C(=O)O)C1. The van der Waals surface area contributed by atoms with Crippen molar-refractivity contribution in [1.82, 2.24) is 5.32 Å². The molecule has 1 unspecified atom stereocenters. The second-order valence-electron chi connectivity index (χ2n) is 5.57. The van der Waals surface area contributed by atoms with Crippen molar-refractivity contribution in [1.29, 1.82) is 0 Å². The van der Waals surface area contributed by atoms with E-state index in [4.69, 9.17) is 5.11 Å². The molecular formula is C15H17BrFNO3. The zero-order valence-corrected chi connectivity index (χ0v) is 13.2. The van der Waals surface area contributed by atoms with Crippen LogP contribution >= 0.6 is 15.9 Å². The molecule has 6 heteroatoms. The molecule has 114 valence electrons. The average Bonchev–Trinajstić information content (AvgIpc) is 2.36. The van der Waals surface area contributed by atoms with Crippen LogP contribution in [0.15, 0.2) is 22.7 Å². The molecule has 1 saturated carbocycles. The number of benzene rings is 1. The standard InChI is InChI=1S/C15H17BrFNO3/c1-8(4-9-2-3-13(17)12(16)5-9)14(19)18-11-6-10(7-11)15(20)21/h2-3,5,8,10-11H,4,6-7H2,1H3,(H,18,19)(H,20,21). The van der Waals surface area contributed by atoms with Crippen LogP contribution in [0.4, 0.5) is 4.39 Å². The Kier molecular flexibility index (Phi) is 4.98. The molecule has 1 aromatic rings. The van der Waals surface area contributed by atoms with Crippen LogP contribution < -0.4 is 5.32 Å². The molecule has 21 heavy (non-hydrogen) atoms. The molecule has 0 heterocycles. The average molecular weight is 358 g/mol. The molecule has 0 aromatic heterocycles. The van der Waals surface area contributed by atoms with Gasteiger partial charge in [0.05, 0.1) is 10.4 Å². The Balaban J connectivity index is 1.83. The van der Waals surface area contributed by atoms with Gasteiger partial charge in [-0.1, -0.05) is 13.0 Å². The molecule has 0 radical (unpaired) electrons. The van der Waals surface area contributed by atoms with E-state index in [0.29, 0.717) is 23.7 Å². The second kappa shape index (κ2) is 6.56. The summed E-state index contributed by atoms with van der Waals surface area (Å²) < 4.78 is 13.5. The summed E-state index contributed by atoms with van der Waals surface area (Å²) in [4.78, 5) is 22.7. The summed E-state index contributed by atoms with van der Waals surface area (Å²) >= 11 is 3.12. The maximum atomic E-state index is 13.1. The lowest BCUT2D eigenvalue weighted by atomic mass is 9.80. The number of rotatable bonds is 5. The zero-order chi connectivity index (χ0) is 15.6. The van der Waals surface area contributed by atoms with Crippen molar-refractivity contribution in [3.05, 3.63) is 34.1 Å². The highest BCUT2D eigenvalue weighted by Crippen LogP contribution is 2.28. The summed E-state index contributed by atoms with van der Waals surface area (Å²) in [7, 11) is 0. The van der Waals surface area contributed by atoms with E-state index in [9.17, 15) is 14.0 Å². The monoisotopic (exact) mass is 357 g/mol. The van der Waals surface area contributed by atoms with Crippen molar-refractivity contribution in [3.63, 3.8) is 0 Å². The first kappa shape index (κ1) is 15.9. The lowest BCUT2D eigenvalue weighted by Gasteiger charge is -2.33. The summed E-state index contributed by atoms with van der Waals surface area (Å²) in [6.07, 6.45) is 1.51. The quantitative estimate of drug-likeness (QED) is 0.851. The van der Waals surface area contributed by atoms with Gasteiger partial charge >= 0.3 is 5.97 Å². The predicted octanol–water partition coefficient (Wildman–Crippen LogP) is 2.75. The van der Waals surface area contributed by atoms with Crippen LogP contribution in [-0.4, -0.2) is 23.0 Å². The van der Waals surface area contributed by atoms with Gasteiger partial charge in [0.15, 0.2) is 0 Å². The van der Waals surface area contributed by atoms with Gasteiger partial charge in [0.25, 0.3) is 0 Å². The van der Waals surface area contributed by atoms with Crippen molar-refractivity contribution in [2.24, 2.45) is 11.8 Å². The van der Waals surface area contributed by atoms with Gasteiger partial charge in [-0.2, -0.15) is 0 Å². The molecule has 1 fully saturated rings. The van der Waals surface area contributed by atoms with Crippen LogP contribution in [0.3, 0.4) is 0 Å². The van der Waals surface area contributed by atoms with Gasteiger partial charge in [-0.15, -0.1) is 0 Å². The van der Waals surface area contributed by atoms with E-state index in [0.717, 1.165) is 5.56 Å². The minimum atomic E-state index is -0.801. The number of carboxylic acids is 1. The van der Waals surface area contributed by atoms with Crippen molar-refractivity contribution in [2.45, 2.75) is 32.2 Å². The van der Waals surface area contributed by atoms with Gasteiger partial charge < -0.3 is 10.4 Å². The number of carbonyl (C=O) groups excluding carboxylic acids is 1. The first-order valence-corrected chi connectivity index (χ1v) is 7.63. The third kappa shape index (κ3) is 4.03. The van der Waals surface area contributed by atoms with Crippen LogP contribution in [-0.2, 0) is 16.0 Å². The topological polar surface area (TPSA) is 66.4 Å². The summed E-state index contributed by atoms with van der Waals surface area (Å²) in [5, 5.41) is 11.6. The molecule has 0 saturated heterocycles. The lowest BCUT2D eigenvalue weighted by molar-refractivity contribution is -0.146. The molecule has 1 aromatic carbocycles. The lowest BCUT2D eigenvalue weighted by Crippen LogP contribution is -2.48. The van der Waals surface area contributed by atoms with Crippen LogP contribution in [0.5, 0.6) is 0 Å². The molecule has 1 aliphatic rings. The second-order valence-corrected chi connectivity index (χ2v) is 6.42. The molecule has 0 aliphatic heterocycles. The van der Waals surface area contributed by atoms with Gasteiger partial charge in [0.2, 0.25) is 5.91 Å². The highest BCUT2D eigenvalue weighted by molar-refractivity contribution is 9.10. The van der Waals surface area contributed by atoms with Crippen LogP contribution in [0.25, 0.3) is 0 Å². The summed E-state index contributed by atoms with van der Waals surface area (Å²) in [6.45, 7) is 1.81. The van der Waals surface area contributed by atoms with Crippen LogP contribution in [0.2, 0.25) is 0 Å². The van der Waals surface area contributed by atoms with Crippen LogP contribution in [0, 0.1) is 17.7 Å². The first-order valence-electron chi connectivity index (χ1n) is 6.84. The van der Waals surface area contributed by atoms with E-state index in [-0.39, 0.29) is 29.6 Å². The smallest absolute Gasteiger partial charge is 0.306 e. The van der Waals surface area contributed by atoms with E-state index < -0.39 is 5.97 Å². The van der Waals surface area contributed by atoms with Gasteiger partial charge in [-0.3, -0.25) is 9.59 Å². The zero-order valence-electron chi connectivity index (χ0n) is 11.6. The number of nitrogens with one attached hydrogen (secondary N) is 1. The fraction of sp³-hybridized carbons (Fsp3) is 0.467. The van der Waals surface area contributed by atoms with Crippen molar-refractivity contribution in [3.8, 4) is 0 Å². The van der Waals surface area contributed by atoms with Crippen LogP contribution in [0.1, 0.15) is 25.3 Å². The molecule has 1 amide bonds. The van der Waals surface area contributed by atoms with Gasteiger partial charge in [-0.25, -0.2) is 4.39 Å². The fourth-order valence-corrected chi connectivity index (χ4v) is 2.82. The minimum absolute atomic E-state index is 0.0407. The summed E-state index contributed by atoms with van der Waals surface area (Å²) in [5.74, 6) is -1.80. The predicted molar refractivity (Wildman–Crippen MR) is 79.3 cm³/mol. The molecule has 0 bridgehead atoms. The maximum absolute atomic E-state index is 13.1. The Bertz CT molecular complexity index is 558. The molecule has 1 atom stereocenters. The number of hydrogen-bond donors (Lipinski definition) is 2. The largest absolute Gasteiger partial charge is 0.481 e. The van der Waals surface area contributed by atoms with E-state index in [1.165, 1.54) is 6.07 Å².